The zero-order valence-electron chi connectivity index (χ0n) is 25.8. The number of allylic oxidation sites excluding steroid dienone is 1. The quantitative estimate of drug-likeness (QED) is 0.183. The van der Waals surface area contributed by atoms with Gasteiger partial charge in [0.1, 0.15) is 18.1 Å². The van der Waals surface area contributed by atoms with Gasteiger partial charge in [-0.15, -0.1) is 0 Å². The number of ether oxygens (including phenoxy) is 1. The Hall–Kier alpha value is -4.67. The molecule has 0 saturated heterocycles. The van der Waals surface area contributed by atoms with Crippen molar-refractivity contribution in [3.8, 4) is 5.75 Å². The van der Waals surface area contributed by atoms with Gasteiger partial charge in [-0.3, -0.25) is 4.79 Å². The molecular formula is C33H41N7O3. The summed E-state index contributed by atoms with van der Waals surface area (Å²) in [7, 11) is 7.59. The van der Waals surface area contributed by atoms with E-state index in [1.807, 2.05) is 58.4 Å². The van der Waals surface area contributed by atoms with Gasteiger partial charge in [-0.05, 0) is 56.8 Å². The highest BCUT2D eigenvalue weighted by Gasteiger charge is 2.20. The Labute approximate surface area is 253 Å². The number of hydrogen-bond acceptors (Lipinski definition) is 8. The number of rotatable bonds is 13. The third kappa shape index (κ3) is 6.87. The van der Waals surface area contributed by atoms with Crippen molar-refractivity contribution in [1.29, 1.82) is 0 Å². The lowest BCUT2D eigenvalue weighted by atomic mass is 9.94. The molecule has 226 valence electrons. The van der Waals surface area contributed by atoms with Crippen LogP contribution in [0.3, 0.4) is 0 Å². The van der Waals surface area contributed by atoms with Crippen LogP contribution in [0.5, 0.6) is 5.75 Å². The van der Waals surface area contributed by atoms with Gasteiger partial charge in [0, 0.05) is 43.4 Å². The summed E-state index contributed by atoms with van der Waals surface area (Å²) in [6, 6.07) is 13.9. The van der Waals surface area contributed by atoms with Crippen LogP contribution in [-0.4, -0.2) is 71.8 Å². The van der Waals surface area contributed by atoms with Gasteiger partial charge in [0.25, 0.3) is 0 Å². The van der Waals surface area contributed by atoms with E-state index in [1.54, 1.807) is 17.9 Å². The number of fused-ring (bicyclic) bond motifs is 1. The van der Waals surface area contributed by atoms with Crippen molar-refractivity contribution >= 4 is 45.5 Å². The number of aryl methyl sites for hydroxylation is 1. The number of aromatic nitrogens is 3. The molecule has 10 heteroatoms. The van der Waals surface area contributed by atoms with Gasteiger partial charge in [-0.2, -0.15) is 4.98 Å². The lowest BCUT2D eigenvalue weighted by molar-refractivity contribution is -0.111. The Morgan fingerprint density at radius 2 is 1.88 bits per heavy atom. The van der Waals surface area contributed by atoms with Crippen molar-refractivity contribution in [2.45, 2.75) is 27.0 Å². The van der Waals surface area contributed by atoms with E-state index in [0.29, 0.717) is 28.7 Å². The molecule has 0 aliphatic rings. The topological polar surface area (TPSA) is 108 Å². The highest BCUT2D eigenvalue weighted by molar-refractivity contribution is 6.02. The van der Waals surface area contributed by atoms with Crippen molar-refractivity contribution in [3.63, 3.8) is 0 Å². The number of amides is 1. The summed E-state index contributed by atoms with van der Waals surface area (Å²) in [5.74, 6) is 0.539. The molecule has 2 aromatic carbocycles. The van der Waals surface area contributed by atoms with E-state index in [-0.39, 0.29) is 12.6 Å². The minimum Gasteiger partial charge on any atom is -0.494 e. The second-order valence-electron chi connectivity index (χ2n) is 10.4. The number of anilines is 4. The Bertz CT molecular complexity index is 1640. The molecule has 0 spiro atoms. The summed E-state index contributed by atoms with van der Waals surface area (Å²) < 4.78 is 7.46. The van der Waals surface area contributed by atoms with Crippen LogP contribution in [0.2, 0.25) is 0 Å². The van der Waals surface area contributed by atoms with Crippen LogP contribution >= 0.6 is 0 Å². The second kappa shape index (κ2) is 14.0. The molecule has 4 rings (SSSR count). The molecule has 2 heterocycles. The average Bonchev–Trinajstić information content (AvgIpc) is 3.43. The lowest BCUT2D eigenvalue weighted by Gasteiger charge is -2.26. The van der Waals surface area contributed by atoms with Crippen LogP contribution in [0.4, 0.5) is 23.0 Å². The number of nitrogens with one attached hydrogen (secondary N) is 2. The number of carbonyl (C=O) groups excluding carboxylic acids is 1. The molecule has 0 saturated carbocycles. The summed E-state index contributed by atoms with van der Waals surface area (Å²) in [6.07, 6.45) is 5.96. The number of nitrogens with zero attached hydrogens (tertiary/aromatic N) is 5. The average molecular weight is 584 g/mol. The van der Waals surface area contributed by atoms with Crippen LogP contribution < -0.4 is 20.3 Å². The third-order valence-corrected chi connectivity index (χ3v) is 7.30. The summed E-state index contributed by atoms with van der Waals surface area (Å²) in [4.78, 5) is 26.3. The van der Waals surface area contributed by atoms with Crippen molar-refractivity contribution in [3.05, 3.63) is 84.2 Å². The van der Waals surface area contributed by atoms with Gasteiger partial charge in [-0.1, -0.05) is 43.8 Å². The zero-order valence-corrected chi connectivity index (χ0v) is 25.8. The molecule has 0 aliphatic heterocycles. The largest absolute Gasteiger partial charge is 0.494 e. The molecule has 4 aromatic rings. The number of hydrogen-bond donors (Lipinski definition) is 3. The molecule has 0 fully saturated rings. The molecule has 43 heavy (non-hydrogen) atoms. The van der Waals surface area contributed by atoms with Crippen LogP contribution in [0, 0.1) is 0 Å². The predicted molar refractivity (Wildman–Crippen MR) is 175 cm³/mol. The van der Waals surface area contributed by atoms with Crippen LogP contribution in [0.15, 0.2) is 67.4 Å². The third-order valence-electron chi connectivity index (χ3n) is 7.30. The van der Waals surface area contributed by atoms with Gasteiger partial charge in [0.2, 0.25) is 11.9 Å². The first kappa shape index (κ1) is 31.3. The molecule has 0 aliphatic carbocycles. The minimum absolute atomic E-state index is 0.231. The Morgan fingerprint density at radius 1 is 1.12 bits per heavy atom. The fraction of sp³-hybridized carbons (Fsp3) is 0.303. The number of likely N-dealkylation sites (N-methyl/N-ethyl adjacent to an activating group) is 2. The van der Waals surface area contributed by atoms with Crippen LogP contribution in [0.25, 0.3) is 16.6 Å². The number of methoxy groups -OCH3 is 1. The van der Waals surface area contributed by atoms with E-state index < -0.39 is 0 Å². The maximum absolute atomic E-state index is 12.4. The molecule has 1 amide bonds. The standard InChI is InChI=1S/C33H41N7O3/c1-8-22-13-11-12-14-24(22)23(9-2)31-25-15-16-40(21-41)32(25)37-33(36-31)35-27-19-26(34-30(42)10-3)28(20-29(27)43-7)39(6)18-17-38(4)5/h9-16,19-20,41H,3,8,17-18,21H2,1-2,4-7H3,(H,34,42)(H,35,36,37)/b23-9+. The zero-order chi connectivity index (χ0) is 31.1. The highest BCUT2D eigenvalue weighted by atomic mass is 16.5. The van der Waals surface area contributed by atoms with Crippen molar-refractivity contribution in [1.82, 2.24) is 19.4 Å². The van der Waals surface area contributed by atoms with E-state index in [2.05, 4.69) is 52.1 Å². The summed E-state index contributed by atoms with van der Waals surface area (Å²) in [5, 5.41) is 17.1. The smallest absolute Gasteiger partial charge is 0.247 e. The minimum atomic E-state index is -0.327. The number of benzene rings is 2. The molecule has 10 nitrogen and oxygen atoms in total. The van der Waals surface area contributed by atoms with Gasteiger partial charge in [0.05, 0.1) is 29.9 Å². The normalized spacial score (nSPS) is 11.6. The maximum atomic E-state index is 12.4. The van der Waals surface area contributed by atoms with Crippen LogP contribution in [0.1, 0.15) is 30.7 Å². The predicted octanol–water partition coefficient (Wildman–Crippen LogP) is 5.27. The second-order valence-corrected chi connectivity index (χ2v) is 10.4. The van der Waals surface area contributed by atoms with E-state index >= 15 is 0 Å². The van der Waals surface area contributed by atoms with Crippen molar-refractivity contribution < 1.29 is 14.6 Å². The SMILES string of the molecule is C=CC(=O)Nc1cc(Nc2nc(/C(=C/C)c3ccccc3CC)c3ccn(CO)c3n2)c(OC)cc1N(C)CCN(C)C. The number of aliphatic hydroxyl groups excluding tert-OH is 1. The molecule has 0 radical (unpaired) electrons. The highest BCUT2D eigenvalue weighted by Crippen LogP contribution is 2.39. The van der Waals surface area contributed by atoms with Gasteiger partial charge in [0.15, 0.2) is 0 Å². The Morgan fingerprint density at radius 3 is 2.53 bits per heavy atom. The van der Waals surface area contributed by atoms with E-state index in [4.69, 9.17) is 14.7 Å². The molecular weight excluding hydrogens is 542 g/mol. The first-order valence-electron chi connectivity index (χ1n) is 14.3. The van der Waals surface area contributed by atoms with Crippen molar-refractivity contribution in [2.24, 2.45) is 0 Å². The van der Waals surface area contributed by atoms with Crippen molar-refractivity contribution in [2.75, 3.05) is 56.9 Å². The fourth-order valence-electron chi connectivity index (χ4n) is 4.98. The monoisotopic (exact) mass is 583 g/mol. The first-order chi connectivity index (χ1) is 20.7. The van der Waals surface area contributed by atoms with E-state index in [1.165, 1.54) is 11.6 Å². The summed E-state index contributed by atoms with van der Waals surface area (Å²) >= 11 is 0. The number of carbonyl (C=O) groups is 1. The summed E-state index contributed by atoms with van der Waals surface area (Å²) in [6.45, 7) is 9.05. The number of aliphatic hydroxyl groups is 1. The molecule has 0 unspecified atom stereocenters. The van der Waals surface area contributed by atoms with Gasteiger partial charge < -0.3 is 34.8 Å². The van der Waals surface area contributed by atoms with Gasteiger partial charge >= 0.3 is 0 Å². The maximum Gasteiger partial charge on any atom is 0.247 e. The summed E-state index contributed by atoms with van der Waals surface area (Å²) in [5.41, 5.74) is 6.52. The molecule has 3 N–H and O–H groups in total. The molecule has 2 aromatic heterocycles. The molecule has 0 bridgehead atoms. The Kier molecular flexibility index (Phi) is 10.2. The van der Waals surface area contributed by atoms with E-state index in [0.717, 1.165) is 47.4 Å². The van der Waals surface area contributed by atoms with Gasteiger partial charge in [-0.25, -0.2) is 4.98 Å². The molecule has 0 atom stereocenters. The fourth-order valence-corrected chi connectivity index (χ4v) is 4.98. The van der Waals surface area contributed by atoms with E-state index in [9.17, 15) is 9.90 Å². The Balaban J connectivity index is 1.86. The lowest BCUT2D eigenvalue weighted by Crippen LogP contribution is -2.29. The first-order valence-corrected chi connectivity index (χ1v) is 14.3. The van der Waals surface area contributed by atoms with Crippen LogP contribution in [-0.2, 0) is 17.9 Å².